The molecule has 0 fully saturated rings. The Balaban J connectivity index is 2.55. The van der Waals surface area contributed by atoms with Crippen LogP contribution in [0.25, 0.3) is 0 Å². The summed E-state index contributed by atoms with van der Waals surface area (Å²) in [5, 5.41) is 2.71. The van der Waals surface area contributed by atoms with Gasteiger partial charge in [-0.3, -0.25) is 0 Å². The fraction of sp³-hybridized carbons (Fsp3) is 0.400. The van der Waals surface area contributed by atoms with Gasteiger partial charge in [0, 0.05) is 12.1 Å². The van der Waals surface area contributed by atoms with Gasteiger partial charge in [0.25, 0.3) is 0 Å². The van der Waals surface area contributed by atoms with Gasteiger partial charge in [0.05, 0.1) is 13.2 Å². The number of hydrogen-bond donors (Lipinski definition) is 2. The monoisotopic (exact) mass is 260 g/mol. The first-order valence-corrected chi connectivity index (χ1v) is 6.31. The Morgan fingerprint density at radius 2 is 2.16 bits per heavy atom. The Morgan fingerprint density at radius 3 is 2.84 bits per heavy atom. The first-order chi connectivity index (χ1) is 9.13. The number of hydrogen-bond acceptors (Lipinski definition) is 3. The fourth-order valence-electron chi connectivity index (χ4n) is 1.40. The summed E-state index contributed by atoms with van der Waals surface area (Å²) in [6, 6.07) is 7.63. The highest BCUT2D eigenvalue weighted by Gasteiger charge is 2.05. The molecule has 1 aromatic carbocycles. The van der Waals surface area contributed by atoms with Crippen LogP contribution in [0.4, 0.5) is 4.79 Å². The van der Waals surface area contributed by atoms with Crippen LogP contribution < -0.4 is 11.1 Å². The molecule has 0 saturated heterocycles. The summed E-state index contributed by atoms with van der Waals surface area (Å²) in [5.74, 6) is 6.11. The van der Waals surface area contributed by atoms with E-state index in [-0.39, 0.29) is 0 Å². The van der Waals surface area contributed by atoms with Gasteiger partial charge in [0.1, 0.15) is 0 Å². The zero-order valence-electron chi connectivity index (χ0n) is 11.4. The lowest BCUT2D eigenvalue weighted by Crippen LogP contribution is -2.25. The van der Waals surface area contributed by atoms with E-state index >= 15 is 0 Å². The minimum Gasteiger partial charge on any atom is -0.449 e. The quantitative estimate of drug-likeness (QED) is 0.812. The van der Waals surface area contributed by atoms with Crippen LogP contribution >= 0.6 is 0 Å². The van der Waals surface area contributed by atoms with Crippen molar-refractivity contribution in [1.82, 2.24) is 5.32 Å². The van der Waals surface area contributed by atoms with Gasteiger partial charge in [-0.15, -0.1) is 0 Å². The van der Waals surface area contributed by atoms with E-state index in [2.05, 4.69) is 17.2 Å². The highest BCUT2D eigenvalue weighted by atomic mass is 16.5. The van der Waals surface area contributed by atoms with Gasteiger partial charge in [0.15, 0.2) is 0 Å². The summed E-state index contributed by atoms with van der Waals surface area (Å²) in [6.45, 7) is 5.11. The average Bonchev–Trinajstić information content (AvgIpc) is 2.41. The summed E-state index contributed by atoms with van der Waals surface area (Å²) >= 11 is 0. The molecule has 1 amide bonds. The van der Waals surface area contributed by atoms with Crippen LogP contribution in [0.5, 0.6) is 0 Å². The summed E-state index contributed by atoms with van der Waals surface area (Å²) in [6.07, 6.45) is -0.407. The minimum absolute atomic E-state index is 0.318. The van der Waals surface area contributed by atoms with Gasteiger partial charge in [0.2, 0.25) is 0 Å². The molecule has 0 bridgehead atoms. The van der Waals surface area contributed by atoms with Crippen molar-refractivity contribution in [3.05, 3.63) is 35.4 Å². The van der Waals surface area contributed by atoms with E-state index in [0.29, 0.717) is 25.6 Å². The van der Waals surface area contributed by atoms with E-state index < -0.39 is 6.09 Å². The molecule has 0 saturated carbocycles. The molecule has 102 valence electrons. The highest BCUT2D eigenvalue weighted by Crippen LogP contribution is 2.07. The third-order valence-corrected chi connectivity index (χ3v) is 2.31. The molecule has 1 rings (SSSR count). The van der Waals surface area contributed by atoms with Gasteiger partial charge >= 0.3 is 6.09 Å². The average molecular weight is 260 g/mol. The number of carbonyl (C=O) groups is 1. The number of carbonyl (C=O) groups excluding carboxylic acids is 1. The van der Waals surface area contributed by atoms with Crippen molar-refractivity contribution in [2.24, 2.45) is 11.7 Å². The summed E-state index contributed by atoms with van der Waals surface area (Å²) < 4.78 is 5.04. The molecule has 0 aliphatic heterocycles. The first-order valence-electron chi connectivity index (χ1n) is 6.31. The van der Waals surface area contributed by atoms with Crippen LogP contribution in [0.1, 0.15) is 25.0 Å². The predicted molar refractivity (Wildman–Crippen MR) is 75.4 cm³/mol. The molecule has 4 nitrogen and oxygen atoms in total. The largest absolute Gasteiger partial charge is 0.449 e. The standard InChI is InChI=1S/C15H20N2O2/c1-12(2)11-19-15(18)17-10-14-7-4-3-6-13(14)8-5-9-16/h3-4,6-7,12H,9-11,16H2,1-2H3,(H,17,18). The van der Waals surface area contributed by atoms with Gasteiger partial charge in [-0.2, -0.15) is 0 Å². The molecule has 3 N–H and O–H groups in total. The van der Waals surface area contributed by atoms with Crippen LogP contribution in [-0.4, -0.2) is 19.2 Å². The van der Waals surface area contributed by atoms with E-state index in [1.165, 1.54) is 0 Å². The number of nitrogens with two attached hydrogens (primary N) is 1. The van der Waals surface area contributed by atoms with Gasteiger partial charge in [-0.1, -0.05) is 43.9 Å². The molecule has 0 atom stereocenters. The number of nitrogens with one attached hydrogen (secondary N) is 1. The Bertz CT molecular complexity index is 473. The predicted octanol–water partition coefficient (Wildman–Crippen LogP) is 1.88. The maximum atomic E-state index is 11.5. The Kier molecular flexibility index (Phi) is 6.48. The fourth-order valence-corrected chi connectivity index (χ4v) is 1.40. The molecule has 0 unspecified atom stereocenters. The number of ether oxygens (including phenoxy) is 1. The van der Waals surface area contributed by atoms with Gasteiger partial charge in [-0.05, 0) is 17.5 Å². The SMILES string of the molecule is CC(C)COC(=O)NCc1ccccc1C#CCN. The second kappa shape index (κ2) is 8.17. The van der Waals surface area contributed by atoms with E-state index in [4.69, 9.17) is 10.5 Å². The molecule has 19 heavy (non-hydrogen) atoms. The van der Waals surface area contributed by atoms with Crippen molar-refractivity contribution < 1.29 is 9.53 Å². The maximum Gasteiger partial charge on any atom is 0.407 e. The number of benzene rings is 1. The molecule has 0 aliphatic carbocycles. The zero-order valence-corrected chi connectivity index (χ0v) is 11.4. The van der Waals surface area contributed by atoms with Crippen molar-refractivity contribution in [2.75, 3.05) is 13.2 Å². The van der Waals surface area contributed by atoms with Crippen molar-refractivity contribution in [3.63, 3.8) is 0 Å². The van der Waals surface area contributed by atoms with Crippen LogP contribution in [0.15, 0.2) is 24.3 Å². The van der Waals surface area contributed by atoms with Crippen molar-refractivity contribution in [3.8, 4) is 11.8 Å². The molecular formula is C15H20N2O2. The van der Waals surface area contributed by atoms with Gasteiger partial charge < -0.3 is 15.8 Å². The van der Waals surface area contributed by atoms with Crippen molar-refractivity contribution >= 4 is 6.09 Å². The Labute approximate surface area is 114 Å². The molecule has 0 heterocycles. The minimum atomic E-state index is -0.407. The van der Waals surface area contributed by atoms with Crippen LogP contribution in [-0.2, 0) is 11.3 Å². The van der Waals surface area contributed by atoms with Gasteiger partial charge in [-0.25, -0.2) is 4.79 Å². The molecule has 0 aromatic heterocycles. The van der Waals surface area contributed by atoms with E-state index in [1.54, 1.807) is 0 Å². The summed E-state index contributed by atoms with van der Waals surface area (Å²) in [7, 11) is 0. The maximum absolute atomic E-state index is 11.5. The zero-order chi connectivity index (χ0) is 14.1. The third kappa shape index (κ3) is 5.94. The van der Waals surface area contributed by atoms with Crippen LogP contribution in [0.3, 0.4) is 0 Å². The number of rotatable bonds is 4. The molecule has 4 heteroatoms. The first kappa shape index (κ1) is 15.1. The molecule has 1 aromatic rings. The smallest absolute Gasteiger partial charge is 0.407 e. The summed E-state index contributed by atoms with van der Waals surface area (Å²) in [4.78, 5) is 11.5. The Hall–Kier alpha value is -1.99. The Morgan fingerprint density at radius 1 is 1.42 bits per heavy atom. The topological polar surface area (TPSA) is 64.3 Å². The van der Waals surface area contributed by atoms with E-state index in [0.717, 1.165) is 11.1 Å². The van der Waals surface area contributed by atoms with Crippen LogP contribution in [0, 0.1) is 17.8 Å². The summed E-state index contributed by atoms with van der Waals surface area (Å²) in [5.41, 5.74) is 7.17. The van der Waals surface area contributed by atoms with Crippen molar-refractivity contribution in [2.45, 2.75) is 20.4 Å². The van der Waals surface area contributed by atoms with Crippen molar-refractivity contribution in [1.29, 1.82) is 0 Å². The molecular weight excluding hydrogens is 240 g/mol. The lowest BCUT2D eigenvalue weighted by molar-refractivity contribution is 0.132. The molecule has 0 aliphatic rings. The second-order valence-electron chi connectivity index (χ2n) is 4.51. The number of amides is 1. The van der Waals surface area contributed by atoms with E-state index in [1.807, 2.05) is 38.1 Å². The van der Waals surface area contributed by atoms with E-state index in [9.17, 15) is 4.79 Å². The lowest BCUT2D eigenvalue weighted by atomic mass is 10.1. The third-order valence-electron chi connectivity index (χ3n) is 2.31. The lowest BCUT2D eigenvalue weighted by Gasteiger charge is -2.09. The molecule has 0 spiro atoms. The normalized spacial score (nSPS) is 9.68. The second-order valence-corrected chi connectivity index (χ2v) is 4.51. The van der Waals surface area contributed by atoms with Crippen LogP contribution in [0.2, 0.25) is 0 Å². The highest BCUT2D eigenvalue weighted by molar-refractivity contribution is 5.67. The number of alkyl carbamates (subject to hydrolysis) is 1. The molecule has 0 radical (unpaired) electrons.